The molecule has 4 rings (SSSR count). The largest absolute Gasteiger partial charge is 0.379 e. The van der Waals surface area contributed by atoms with Gasteiger partial charge in [0, 0.05) is 24.5 Å². The summed E-state index contributed by atoms with van der Waals surface area (Å²) in [5.74, 6) is -0.331. The first kappa shape index (κ1) is 22.2. The van der Waals surface area contributed by atoms with Gasteiger partial charge in [-0.15, -0.1) is 0 Å². The molecule has 2 aromatic carbocycles. The van der Waals surface area contributed by atoms with Gasteiger partial charge in [-0.3, -0.25) is 4.79 Å². The van der Waals surface area contributed by atoms with Gasteiger partial charge in [0.25, 0.3) is 0 Å². The Balaban J connectivity index is 1.38. The van der Waals surface area contributed by atoms with Gasteiger partial charge in [0.15, 0.2) is 0 Å². The molecule has 1 aliphatic rings. The Bertz CT molecular complexity index is 1180. The summed E-state index contributed by atoms with van der Waals surface area (Å²) in [5, 5.41) is 9.87. The zero-order chi connectivity index (χ0) is 22.6. The van der Waals surface area contributed by atoms with Gasteiger partial charge >= 0.3 is 0 Å². The molecule has 1 fully saturated rings. The van der Waals surface area contributed by atoms with Gasteiger partial charge in [-0.25, -0.2) is 18.1 Å². The number of anilines is 2. The molecule has 0 radical (unpaired) electrons. The van der Waals surface area contributed by atoms with E-state index in [9.17, 15) is 13.2 Å². The lowest BCUT2D eigenvalue weighted by molar-refractivity contribution is -0.114. The maximum absolute atomic E-state index is 12.9. The molecule has 12 heteroatoms. The molecule has 0 unspecified atom stereocenters. The molecular formula is C20H21ClN6O4S. The summed E-state index contributed by atoms with van der Waals surface area (Å²) in [4.78, 5) is 16.2. The summed E-state index contributed by atoms with van der Waals surface area (Å²) in [6, 6.07) is 11.7. The van der Waals surface area contributed by atoms with Crippen molar-refractivity contribution in [2.45, 2.75) is 4.90 Å². The van der Waals surface area contributed by atoms with Crippen molar-refractivity contribution >= 4 is 38.9 Å². The second kappa shape index (κ2) is 9.65. The number of rotatable bonds is 7. The molecular weight excluding hydrogens is 456 g/mol. The molecule has 0 atom stereocenters. The first-order valence-corrected chi connectivity index (χ1v) is 11.6. The van der Waals surface area contributed by atoms with Crippen LogP contribution in [0, 0.1) is 0 Å². The molecule has 1 saturated heterocycles. The van der Waals surface area contributed by atoms with Crippen molar-refractivity contribution in [3.8, 4) is 5.69 Å². The second-order valence-corrected chi connectivity index (χ2v) is 9.26. The van der Waals surface area contributed by atoms with E-state index in [0.717, 1.165) is 11.4 Å². The summed E-state index contributed by atoms with van der Waals surface area (Å²) < 4.78 is 34.0. The fraction of sp³-hybridized carbons (Fsp3) is 0.250. The predicted molar refractivity (Wildman–Crippen MR) is 120 cm³/mol. The van der Waals surface area contributed by atoms with Crippen LogP contribution < -0.4 is 10.6 Å². The van der Waals surface area contributed by atoms with Crippen LogP contribution in [0.3, 0.4) is 0 Å². The fourth-order valence-corrected chi connectivity index (χ4v) is 5.07. The molecule has 0 aliphatic carbocycles. The lowest BCUT2D eigenvalue weighted by Gasteiger charge is -2.26. The normalized spacial score (nSPS) is 14.8. The quantitative estimate of drug-likeness (QED) is 0.535. The average Bonchev–Trinajstić information content (AvgIpc) is 3.35. The highest BCUT2D eigenvalue weighted by Crippen LogP contribution is 2.28. The average molecular weight is 477 g/mol. The fourth-order valence-electron chi connectivity index (χ4n) is 3.17. The monoisotopic (exact) mass is 476 g/mol. The van der Waals surface area contributed by atoms with Gasteiger partial charge in [0.2, 0.25) is 15.9 Å². The molecule has 1 aliphatic heterocycles. The number of carbonyl (C=O) groups is 1. The number of halogens is 1. The van der Waals surface area contributed by atoms with Crippen molar-refractivity contribution in [3.63, 3.8) is 0 Å². The number of benzene rings is 2. The van der Waals surface area contributed by atoms with Crippen LogP contribution in [0.1, 0.15) is 0 Å². The molecule has 0 spiro atoms. The predicted octanol–water partition coefficient (Wildman–Crippen LogP) is 1.99. The van der Waals surface area contributed by atoms with Crippen LogP contribution in [0.5, 0.6) is 0 Å². The molecule has 168 valence electrons. The zero-order valence-corrected chi connectivity index (χ0v) is 18.5. The molecule has 1 aromatic heterocycles. The topological polar surface area (TPSA) is 118 Å². The third-order valence-electron chi connectivity index (χ3n) is 4.81. The second-order valence-electron chi connectivity index (χ2n) is 6.95. The van der Waals surface area contributed by atoms with E-state index >= 15 is 0 Å². The Kier molecular flexibility index (Phi) is 6.70. The number of nitrogens with one attached hydrogen (secondary N) is 2. The number of ether oxygens (including phenoxy) is 1. The number of hydrogen-bond donors (Lipinski definition) is 2. The molecule has 10 nitrogen and oxygen atoms in total. The van der Waals surface area contributed by atoms with Crippen LogP contribution in [0.4, 0.5) is 11.4 Å². The number of aromatic nitrogens is 3. The van der Waals surface area contributed by atoms with E-state index in [-0.39, 0.29) is 35.5 Å². The van der Waals surface area contributed by atoms with Crippen LogP contribution >= 0.6 is 11.6 Å². The van der Waals surface area contributed by atoms with E-state index < -0.39 is 10.0 Å². The third-order valence-corrected chi connectivity index (χ3v) is 7.19. The number of nitrogens with zero attached hydrogens (tertiary/aromatic N) is 4. The highest BCUT2D eigenvalue weighted by atomic mass is 35.5. The Labute approximate surface area is 190 Å². The van der Waals surface area contributed by atoms with Crippen molar-refractivity contribution in [1.29, 1.82) is 0 Å². The zero-order valence-electron chi connectivity index (χ0n) is 16.9. The highest BCUT2D eigenvalue weighted by Gasteiger charge is 2.28. The third kappa shape index (κ3) is 5.07. The van der Waals surface area contributed by atoms with Gasteiger partial charge in [-0.05, 0) is 42.5 Å². The molecule has 2 heterocycles. The maximum Gasteiger partial charge on any atom is 0.244 e. The van der Waals surface area contributed by atoms with Crippen molar-refractivity contribution < 1.29 is 17.9 Å². The minimum atomic E-state index is -3.79. The molecule has 0 bridgehead atoms. The SMILES string of the molecule is O=C(CNc1ccc(-n2cncn2)cc1)Nc1ccc(Cl)c(S(=O)(=O)N2CCOCC2)c1. The summed E-state index contributed by atoms with van der Waals surface area (Å²) in [6.07, 6.45) is 3.04. The van der Waals surface area contributed by atoms with Crippen molar-refractivity contribution in [2.75, 3.05) is 43.5 Å². The summed E-state index contributed by atoms with van der Waals surface area (Å²) >= 11 is 6.16. The van der Waals surface area contributed by atoms with Gasteiger partial charge in [0.1, 0.15) is 17.6 Å². The molecule has 2 N–H and O–H groups in total. The van der Waals surface area contributed by atoms with Crippen LogP contribution in [-0.4, -0.2) is 66.2 Å². The number of sulfonamides is 1. The van der Waals surface area contributed by atoms with Crippen LogP contribution in [0.25, 0.3) is 5.69 Å². The maximum atomic E-state index is 12.9. The number of morpholine rings is 1. The van der Waals surface area contributed by atoms with E-state index in [4.69, 9.17) is 16.3 Å². The Morgan fingerprint density at radius 3 is 2.50 bits per heavy atom. The minimum absolute atomic E-state index is 0.00313. The Hall–Kier alpha value is -2.99. The summed E-state index contributed by atoms with van der Waals surface area (Å²) in [6.45, 7) is 1.18. The Morgan fingerprint density at radius 1 is 1.09 bits per heavy atom. The Morgan fingerprint density at radius 2 is 1.81 bits per heavy atom. The number of carbonyl (C=O) groups excluding carboxylic acids is 1. The van der Waals surface area contributed by atoms with Crippen molar-refractivity contribution in [3.05, 3.63) is 60.1 Å². The van der Waals surface area contributed by atoms with E-state index in [1.165, 1.54) is 22.8 Å². The molecule has 1 amide bonds. The van der Waals surface area contributed by atoms with E-state index in [1.54, 1.807) is 17.1 Å². The van der Waals surface area contributed by atoms with E-state index in [2.05, 4.69) is 20.7 Å². The van der Waals surface area contributed by atoms with Crippen molar-refractivity contribution in [1.82, 2.24) is 19.1 Å². The van der Waals surface area contributed by atoms with Crippen molar-refractivity contribution in [2.24, 2.45) is 0 Å². The van der Waals surface area contributed by atoms with Gasteiger partial charge < -0.3 is 15.4 Å². The van der Waals surface area contributed by atoms with Crippen LogP contribution in [0.15, 0.2) is 60.0 Å². The van der Waals surface area contributed by atoms with Crippen LogP contribution in [-0.2, 0) is 19.6 Å². The number of amides is 1. The smallest absolute Gasteiger partial charge is 0.244 e. The number of hydrogen-bond acceptors (Lipinski definition) is 7. The lowest BCUT2D eigenvalue weighted by Crippen LogP contribution is -2.40. The molecule has 0 saturated carbocycles. The van der Waals surface area contributed by atoms with E-state index in [1.807, 2.05) is 24.3 Å². The standard InChI is InChI=1S/C20H21ClN6O4S/c21-18-6-3-16(11-19(18)32(29,30)26-7-9-31-10-8-26)25-20(28)12-23-15-1-4-17(5-2-15)27-14-22-13-24-27/h1-6,11,13-14,23H,7-10,12H2,(H,25,28). The lowest BCUT2D eigenvalue weighted by atomic mass is 10.3. The van der Waals surface area contributed by atoms with Gasteiger partial charge in [0.05, 0.1) is 30.5 Å². The highest BCUT2D eigenvalue weighted by molar-refractivity contribution is 7.89. The van der Waals surface area contributed by atoms with E-state index in [0.29, 0.717) is 18.9 Å². The first-order chi connectivity index (χ1) is 15.4. The molecule has 32 heavy (non-hydrogen) atoms. The summed E-state index contributed by atoms with van der Waals surface area (Å²) in [7, 11) is -3.79. The summed E-state index contributed by atoms with van der Waals surface area (Å²) in [5.41, 5.74) is 1.93. The molecule has 3 aromatic rings. The van der Waals surface area contributed by atoms with Crippen LogP contribution in [0.2, 0.25) is 5.02 Å². The minimum Gasteiger partial charge on any atom is -0.379 e. The first-order valence-electron chi connectivity index (χ1n) is 9.80. The van der Waals surface area contributed by atoms with Gasteiger partial charge in [-0.1, -0.05) is 11.6 Å². The van der Waals surface area contributed by atoms with Gasteiger partial charge in [-0.2, -0.15) is 9.40 Å².